The van der Waals surface area contributed by atoms with E-state index in [1.807, 2.05) is 0 Å². The van der Waals surface area contributed by atoms with Gasteiger partial charge in [-0.2, -0.15) is 0 Å². The van der Waals surface area contributed by atoms with Crippen LogP contribution in [0, 0.1) is 5.82 Å². The summed E-state index contributed by atoms with van der Waals surface area (Å²) in [4.78, 5) is 27.4. The molecule has 0 spiro atoms. The van der Waals surface area contributed by atoms with E-state index in [0.717, 1.165) is 50.6 Å². The number of benzene rings is 2. The fourth-order valence-electron chi connectivity index (χ4n) is 3.43. The second-order valence-corrected chi connectivity index (χ2v) is 8.90. The number of anilines is 1. The molecule has 0 atom stereocenters. The van der Waals surface area contributed by atoms with Crippen molar-refractivity contribution in [1.82, 2.24) is 20.4 Å². The van der Waals surface area contributed by atoms with Gasteiger partial charge in [0, 0.05) is 30.9 Å². The number of ether oxygens (including phenoxy) is 2. The van der Waals surface area contributed by atoms with E-state index in [1.165, 1.54) is 24.3 Å². The molecule has 9 nitrogen and oxygen atoms in total. The van der Waals surface area contributed by atoms with Crippen molar-refractivity contribution in [2.24, 2.45) is 0 Å². The van der Waals surface area contributed by atoms with Crippen molar-refractivity contribution in [1.29, 1.82) is 0 Å². The molecule has 2 aromatic carbocycles. The maximum absolute atomic E-state index is 13.0. The Hall–Kier alpha value is -3.41. The third kappa shape index (κ3) is 7.54. The SMILES string of the molecule is O=C(NCCCN1CCOCC1)c1cccc(NC(=O)c2nnc(COc3ccc(F)cc3)s2)c1. The molecule has 2 N–H and O–H groups in total. The minimum atomic E-state index is -0.432. The van der Waals surface area contributed by atoms with E-state index >= 15 is 0 Å². The molecule has 0 saturated carbocycles. The summed E-state index contributed by atoms with van der Waals surface area (Å²) in [5.74, 6) is -0.487. The Labute approximate surface area is 206 Å². The highest BCUT2D eigenvalue weighted by molar-refractivity contribution is 7.13. The predicted octanol–water partition coefficient (Wildman–Crippen LogP) is 2.96. The molecule has 0 unspecified atom stereocenters. The maximum Gasteiger partial charge on any atom is 0.286 e. The predicted molar refractivity (Wildman–Crippen MR) is 129 cm³/mol. The first-order valence-corrected chi connectivity index (χ1v) is 12.1. The second-order valence-electron chi connectivity index (χ2n) is 7.84. The van der Waals surface area contributed by atoms with Gasteiger partial charge in [-0.25, -0.2) is 4.39 Å². The summed E-state index contributed by atoms with van der Waals surface area (Å²) in [5.41, 5.74) is 0.940. The van der Waals surface area contributed by atoms with Gasteiger partial charge in [0.2, 0.25) is 5.01 Å². The smallest absolute Gasteiger partial charge is 0.286 e. The zero-order chi connectivity index (χ0) is 24.5. The molecule has 3 aromatic rings. The Morgan fingerprint density at radius 3 is 2.69 bits per heavy atom. The number of nitrogens with zero attached hydrogens (tertiary/aromatic N) is 3. The Morgan fingerprint density at radius 2 is 1.89 bits per heavy atom. The largest absolute Gasteiger partial charge is 0.486 e. The monoisotopic (exact) mass is 499 g/mol. The number of rotatable bonds is 10. The van der Waals surface area contributed by atoms with Crippen molar-refractivity contribution in [2.45, 2.75) is 13.0 Å². The zero-order valence-electron chi connectivity index (χ0n) is 19.0. The zero-order valence-corrected chi connectivity index (χ0v) is 19.9. The molecule has 11 heteroatoms. The van der Waals surface area contributed by atoms with Gasteiger partial charge in [0.1, 0.15) is 18.2 Å². The Morgan fingerprint density at radius 1 is 1.09 bits per heavy atom. The molecule has 1 saturated heterocycles. The van der Waals surface area contributed by atoms with Gasteiger partial charge in [0.25, 0.3) is 11.8 Å². The van der Waals surface area contributed by atoms with Crippen LogP contribution in [0.2, 0.25) is 0 Å². The van der Waals surface area contributed by atoms with Gasteiger partial charge in [-0.15, -0.1) is 10.2 Å². The number of carbonyl (C=O) groups excluding carboxylic acids is 2. The molecule has 2 amide bonds. The number of hydrogen-bond acceptors (Lipinski definition) is 8. The average molecular weight is 500 g/mol. The van der Waals surface area contributed by atoms with Crippen molar-refractivity contribution in [3.63, 3.8) is 0 Å². The minimum Gasteiger partial charge on any atom is -0.486 e. The Kier molecular flexibility index (Phi) is 8.71. The van der Waals surface area contributed by atoms with E-state index < -0.39 is 5.91 Å². The first kappa shape index (κ1) is 24.7. The number of nitrogens with one attached hydrogen (secondary N) is 2. The molecule has 0 radical (unpaired) electrons. The van der Waals surface area contributed by atoms with Gasteiger partial charge in [0.15, 0.2) is 5.01 Å². The van der Waals surface area contributed by atoms with Crippen LogP contribution < -0.4 is 15.4 Å². The lowest BCUT2D eigenvalue weighted by molar-refractivity contribution is 0.0374. The van der Waals surface area contributed by atoms with Gasteiger partial charge in [-0.05, 0) is 55.4 Å². The summed E-state index contributed by atoms with van der Waals surface area (Å²) in [7, 11) is 0. The van der Waals surface area contributed by atoms with E-state index in [1.54, 1.807) is 24.3 Å². The topological polar surface area (TPSA) is 106 Å². The summed E-state index contributed by atoms with van der Waals surface area (Å²) in [6, 6.07) is 12.3. The lowest BCUT2D eigenvalue weighted by Crippen LogP contribution is -2.38. The van der Waals surface area contributed by atoms with Gasteiger partial charge in [-0.1, -0.05) is 17.4 Å². The normalized spacial score (nSPS) is 13.9. The van der Waals surface area contributed by atoms with E-state index in [2.05, 4.69) is 25.7 Å². The highest BCUT2D eigenvalue weighted by Crippen LogP contribution is 2.18. The van der Waals surface area contributed by atoms with Crippen LogP contribution in [0.5, 0.6) is 5.75 Å². The summed E-state index contributed by atoms with van der Waals surface area (Å²) >= 11 is 1.09. The molecular formula is C24H26FN5O4S. The number of aromatic nitrogens is 2. The molecule has 0 bridgehead atoms. The van der Waals surface area contributed by atoms with Crippen LogP contribution in [0.15, 0.2) is 48.5 Å². The Bertz CT molecular complexity index is 1130. The van der Waals surface area contributed by atoms with Crippen LogP contribution in [0.3, 0.4) is 0 Å². The average Bonchev–Trinajstić information content (AvgIpc) is 3.36. The highest BCUT2D eigenvalue weighted by Gasteiger charge is 2.15. The van der Waals surface area contributed by atoms with Crippen molar-refractivity contribution in [3.8, 4) is 5.75 Å². The number of carbonyl (C=O) groups is 2. The fourth-order valence-corrected chi connectivity index (χ4v) is 4.08. The highest BCUT2D eigenvalue weighted by atomic mass is 32.1. The van der Waals surface area contributed by atoms with Crippen molar-refractivity contribution in [2.75, 3.05) is 44.7 Å². The van der Waals surface area contributed by atoms with E-state index in [0.29, 0.717) is 28.6 Å². The van der Waals surface area contributed by atoms with Crippen LogP contribution in [-0.2, 0) is 11.3 Å². The molecule has 2 heterocycles. The van der Waals surface area contributed by atoms with Crippen molar-refractivity contribution < 1.29 is 23.5 Å². The second kappa shape index (κ2) is 12.3. The molecule has 1 aliphatic rings. The molecule has 4 rings (SSSR count). The number of morpholine rings is 1. The molecule has 1 aliphatic heterocycles. The Balaban J connectivity index is 1.24. The molecule has 1 aromatic heterocycles. The quantitative estimate of drug-likeness (QED) is 0.413. The first-order valence-electron chi connectivity index (χ1n) is 11.3. The molecule has 1 fully saturated rings. The van der Waals surface area contributed by atoms with Gasteiger partial charge in [0.05, 0.1) is 13.2 Å². The first-order chi connectivity index (χ1) is 17.1. The summed E-state index contributed by atoms with van der Waals surface area (Å²) < 4.78 is 23.8. The third-order valence-corrected chi connectivity index (χ3v) is 6.16. The fraction of sp³-hybridized carbons (Fsp3) is 0.333. The third-order valence-electron chi connectivity index (χ3n) is 5.26. The van der Waals surface area contributed by atoms with Crippen LogP contribution in [-0.4, -0.2) is 66.3 Å². The number of amides is 2. The molecule has 35 heavy (non-hydrogen) atoms. The summed E-state index contributed by atoms with van der Waals surface area (Å²) in [6.45, 7) is 4.96. The summed E-state index contributed by atoms with van der Waals surface area (Å²) in [6.07, 6.45) is 0.854. The van der Waals surface area contributed by atoms with Gasteiger partial charge >= 0.3 is 0 Å². The molecule has 184 valence electrons. The van der Waals surface area contributed by atoms with Crippen LogP contribution in [0.4, 0.5) is 10.1 Å². The van der Waals surface area contributed by atoms with Crippen LogP contribution in [0.1, 0.15) is 31.6 Å². The van der Waals surface area contributed by atoms with Gasteiger partial charge in [-0.3, -0.25) is 14.5 Å². The van der Waals surface area contributed by atoms with E-state index in [-0.39, 0.29) is 23.3 Å². The lowest BCUT2D eigenvalue weighted by Gasteiger charge is -2.26. The van der Waals surface area contributed by atoms with Crippen LogP contribution in [0.25, 0.3) is 0 Å². The van der Waals surface area contributed by atoms with E-state index in [4.69, 9.17) is 9.47 Å². The standard InChI is InChI=1S/C24H26FN5O4S/c25-18-5-7-20(8-6-18)34-16-21-28-29-24(35-21)23(32)27-19-4-1-3-17(15-19)22(31)26-9-2-10-30-11-13-33-14-12-30/h1,3-8,15H,2,9-14,16H2,(H,26,31)(H,27,32). The van der Waals surface area contributed by atoms with Crippen LogP contribution >= 0.6 is 11.3 Å². The molecular weight excluding hydrogens is 473 g/mol. The number of hydrogen-bond donors (Lipinski definition) is 2. The van der Waals surface area contributed by atoms with Gasteiger partial charge < -0.3 is 20.1 Å². The van der Waals surface area contributed by atoms with E-state index in [9.17, 15) is 14.0 Å². The summed E-state index contributed by atoms with van der Waals surface area (Å²) in [5, 5.41) is 14.2. The van der Waals surface area contributed by atoms with Crippen molar-refractivity contribution in [3.05, 3.63) is 69.9 Å². The van der Waals surface area contributed by atoms with Crippen molar-refractivity contribution >= 4 is 28.8 Å². The number of halogens is 1. The molecule has 0 aliphatic carbocycles. The lowest BCUT2D eigenvalue weighted by atomic mass is 10.2. The minimum absolute atomic E-state index is 0.109. The maximum atomic E-state index is 13.0.